The molecule has 2 aromatic heterocycles. The van der Waals surface area contributed by atoms with Crippen molar-refractivity contribution in [2.45, 2.75) is 31.0 Å². The molecule has 0 radical (unpaired) electrons. The number of anilines is 1. The smallest absolute Gasteiger partial charge is 0.237 e. The minimum Gasteiger partial charge on any atom is -0.497 e. The molecule has 1 unspecified atom stereocenters. The minimum absolute atomic E-state index is 0.182. The van der Waals surface area contributed by atoms with E-state index in [9.17, 15) is 10.1 Å². The van der Waals surface area contributed by atoms with Gasteiger partial charge in [0.05, 0.1) is 34.8 Å². The molecule has 0 saturated carbocycles. The number of methoxy groups -OCH3 is 1. The minimum atomic E-state index is -0.524. The molecule has 1 N–H and O–H groups in total. The third-order valence-electron chi connectivity index (χ3n) is 6.61. The number of para-hydroxylation sites is 1. The molecule has 0 bridgehead atoms. The van der Waals surface area contributed by atoms with Gasteiger partial charge < -0.3 is 10.1 Å². The van der Waals surface area contributed by atoms with Gasteiger partial charge in [-0.2, -0.15) is 5.26 Å². The second-order valence-electron chi connectivity index (χ2n) is 9.52. The van der Waals surface area contributed by atoms with Gasteiger partial charge >= 0.3 is 0 Å². The van der Waals surface area contributed by atoms with Crippen LogP contribution in [0.4, 0.5) is 5.69 Å². The molecule has 0 spiro atoms. The first-order valence-electron chi connectivity index (χ1n) is 12.9. The number of aromatic nitrogens is 2. The fraction of sp³-hybridized carbons (Fsp3) is 0.152. The molecule has 0 fully saturated rings. The number of nitrogens with one attached hydrogen (secondary N) is 1. The Morgan fingerprint density at radius 1 is 0.950 bits per heavy atom. The number of aryl methyl sites for hydroxylation is 2. The van der Waals surface area contributed by atoms with Crippen molar-refractivity contribution in [3.63, 3.8) is 0 Å². The monoisotopic (exact) mass is 544 g/mol. The number of pyridine rings is 2. The predicted octanol–water partition coefficient (Wildman–Crippen LogP) is 7.58. The van der Waals surface area contributed by atoms with E-state index in [0.29, 0.717) is 22.0 Å². The maximum absolute atomic E-state index is 13.4. The lowest BCUT2D eigenvalue weighted by atomic mass is 9.98. The summed E-state index contributed by atoms with van der Waals surface area (Å²) in [6, 6.07) is 29.6. The van der Waals surface area contributed by atoms with Crippen LogP contribution >= 0.6 is 11.8 Å². The molecule has 5 rings (SSSR count). The zero-order valence-electron chi connectivity index (χ0n) is 22.7. The van der Waals surface area contributed by atoms with E-state index in [4.69, 9.17) is 9.72 Å². The highest BCUT2D eigenvalue weighted by Gasteiger charge is 2.22. The van der Waals surface area contributed by atoms with Crippen molar-refractivity contribution >= 4 is 34.3 Å². The van der Waals surface area contributed by atoms with Crippen LogP contribution in [0.3, 0.4) is 0 Å². The van der Waals surface area contributed by atoms with Gasteiger partial charge in [-0.25, -0.2) is 4.98 Å². The van der Waals surface area contributed by atoms with Crippen LogP contribution in [0.15, 0.2) is 90.0 Å². The van der Waals surface area contributed by atoms with Gasteiger partial charge in [-0.1, -0.05) is 59.8 Å². The Morgan fingerprint density at radius 2 is 1.65 bits per heavy atom. The average molecular weight is 545 g/mol. The molecule has 1 amide bonds. The second kappa shape index (κ2) is 11.6. The van der Waals surface area contributed by atoms with Crippen molar-refractivity contribution in [2.75, 3.05) is 12.4 Å². The van der Waals surface area contributed by atoms with Gasteiger partial charge in [-0.05, 0) is 68.8 Å². The highest BCUT2D eigenvalue weighted by atomic mass is 32.2. The number of nitrogens with zero attached hydrogens (tertiary/aromatic N) is 3. The highest BCUT2D eigenvalue weighted by Crippen LogP contribution is 2.36. The number of amides is 1. The summed E-state index contributed by atoms with van der Waals surface area (Å²) in [5, 5.41) is 14.2. The van der Waals surface area contributed by atoms with E-state index >= 15 is 0 Å². The molecule has 2 heterocycles. The van der Waals surface area contributed by atoms with E-state index in [0.717, 1.165) is 44.6 Å². The van der Waals surface area contributed by atoms with Gasteiger partial charge in [0, 0.05) is 22.2 Å². The Balaban J connectivity index is 1.52. The average Bonchev–Trinajstić information content (AvgIpc) is 2.97. The van der Waals surface area contributed by atoms with E-state index < -0.39 is 5.25 Å². The normalized spacial score (nSPS) is 11.6. The van der Waals surface area contributed by atoms with Crippen molar-refractivity contribution in [3.8, 4) is 34.2 Å². The van der Waals surface area contributed by atoms with Crippen LogP contribution in [0.5, 0.6) is 5.75 Å². The maximum atomic E-state index is 13.4. The lowest BCUT2D eigenvalue weighted by molar-refractivity contribution is -0.115. The molecule has 0 saturated heterocycles. The first-order chi connectivity index (χ1) is 19.4. The summed E-state index contributed by atoms with van der Waals surface area (Å²) in [7, 11) is 1.63. The number of ether oxygens (including phenoxy) is 1. The zero-order valence-corrected chi connectivity index (χ0v) is 23.5. The van der Waals surface area contributed by atoms with Crippen molar-refractivity contribution in [3.05, 3.63) is 102 Å². The van der Waals surface area contributed by atoms with Gasteiger partial charge in [-0.3, -0.25) is 9.78 Å². The van der Waals surface area contributed by atoms with Crippen molar-refractivity contribution < 1.29 is 9.53 Å². The number of carbonyl (C=O) groups excluding carboxylic acids is 1. The molecule has 40 heavy (non-hydrogen) atoms. The SMILES string of the molecule is COc1ccc(-c2cc(-c3ccc(C)cc3)c(C#N)c(SC(C)C(=O)Nc3cc(C)nc4ccccc34)n2)cc1. The molecule has 3 aromatic carbocycles. The van der Waals surface area contributed by atoms with Gasteiger partial charge in [0.2, 0.25) is 5.91 Å². The number of benzene rings is 3. The Morgan fingerprint density at radius 3 is 2.35 bits per heavy atom. The van der Waals surface area contributed by atoms with Crippen molar-refractivity contribution in [2.24, 2.45) is 0 Å². The van der Waals surface area contributed by atoms with E-state index in [1.807, 2.05) is 106 Å². The van der Waals surface area contributed by atoms with E-state index in [1.165, 1.54) is 11.8 Å². The molecule has 7 heteroatoms. The first kappa shape index (κ1) is 26.9. The number of carbonyl (C=O) groups is 1. The lowest BCUT2D eigenvalue weighted by Gasteiger charge is -2.17. The van der Waals surface area contributed by atoms with Crippen LogP contribution in [-0.4, -0.2) is 28.2 Å². The van der Waals surface area contributed by atoms with Crippen molar-refractivity contribution in [1.29, 1.82) is 5.26 Å². The molecule has 0 aliphatic rings. The molecule has 0 aliphatic carbocycles. The quantitative estimate of drug-likeness (QED) is 0.213. The van der Waals surface area contributed by atoms with E-state index in [1.54, 1.807) is 7.11 Å². The van der Waals surface area contributed by atoms with Crippen molar-refractivity contribution in [1.82, 2.24) is 9.97 Å². The number of nitriles is 1. The molecular formula is C33H28N4O2S. The molecule has 198 valence electrons. The molecule has 1 atom stereocenters. The number of fused-ring (bicyclic) bond motifs is 1. The zero-order chi connectivity index (χ0) is 28.2. The predicted molar refractivity (Wildman–Crippen MR) is 162 cm³/mol. The van der Waals surface area contributed by atoms with Gasteiger partial charge in [0.1, 0.15) is 16.8 Å². The molecular weight excluding hydrogens is 516 g/mol. The molecule has 5 aromatic rings. The standard InChI is InChI=1S/C33H28N4O2S/c1-20-9-11-23(12-10-20)27-18-30(24-13-15-25(39-4)16-14-24)37-33(28(27)19-34)40-22(3)32(38)36-31-17-21(2)35-29-8-6-5-7-26(29)31/h5-18,22H,1-4H3,(H,35,36,38). The van der Waals surface area contributed by atoms with Crippen LogP contribution in [0.2, 0.25) is 0 Å². The third kappa shape index (κ3) is 5.68. The molecule has 0 aliphatic heterocycles. The highest BCUT2D eigenvalue weighted by molar-refractivity contribution is 8.00. The van der Waals surface area contributed by atoms with Crippen LogP contribution in [0.25, 0.3) is 33.3 Å². The fourth-order valence-electron chi connectivity index (χ4n) is 4.45. The summed E-state index contributed by atoms with van der Waals surface area (Å²) in [6.45, 7) is 5.75. The lowest BCUT2D eigenvalue weighted by Crippen LogP contribution is -2.23. The Bertz CT molecular complexity index is 1740. The summed E-state index contributed by atoms with van der Waals surface area (Å²) < 4.78 is 5.32. The second-order valence-corrected chi connectivity index (χ2v) is 10.8. The van der Waals surface area contributed by atoms with Crippen LogP contribution in [0, 0.1) is 25.2 Å². The topological polar surface area (TPSA) is 87.9 Å². The van der Waals surface area contributed by atoms with Crippen LogP contribution in [-0.2, 0) is 4.79 Å². The van der Waals surface area contributed by atoms with Gasteiger partial charge in [0.15, 0.2) is 0 Å². The molecule has 6 nitrogen and oxygen atoms in total. The fourth-order valence-corrected chi connectivity index (χ4v) is 5.38. The Hall–Kier alpha value is -4.67. The van der Waals surface area contributed by atoms with Crippen LogP contribution < -0.4 is 10.1 Å². The summed E-state index contributed by atoms with van der Waals surface area (Å²) in [4.78, 5) is 22.9. The number of hydrogen-bond donors (Lipinski definition) is 1. The van der Waals surface area contributed by atoms with E-state index in [2.05, 4.69) is 16.4 Å². The third-order valence-corrected chi connectivity index (χ3v) is 7.69. The summed E-state index contributed by atoms with van der Waals surface area (Å²) >= 11 is 1.27. The summed E-state index contributed by atoms with van der Waals surface area (Å²) in [5.41, 5.74) is 7.20. The number of thioether (sulfide) groups is 1. The number of rotatable bonds is 7. The Kier molecular flexibility index (Phi) is 7.81. The maximum Gasteiger partial charge on any atom is 0.237 e. The largest absolute Gasteiger partial charge is 0.497 e. The van der Waals surface area contributed by atoms with Gasteiger partial charge in [-0.15, -0.1) is 0 Å². The summed E-state index contributed by atoms with van der Waals surface area (Å²) in [5.74, 6) is 0.563. The van der Waals surface area contributed by atoms with Crippen LogP contribution in [0.1, 0.15) is 23.7 Å². The van der Waals surface area contributed by atoms with Gasteiger partial charge in [0.25, 0.3) is 0 Å². The Labute approximate surface area is 238 Å². The van der Waals surface area contributed by atoms with E-state index in [-0.39, 0.29) is 5.91 Å². The summed E-state index contributed by atoms with van der Waals surface area (Å²) in [6.07, 6.45) is 0. The first-order valence-corrected chi connectivity index (χ1v) is 13.7. The number of hydrogen-bond acceptors (Lipinski definition) is 6.